The van der Waals surface area contributed by atoms with Gasteiger partial charge in [-0.05, 0) is 13.3 Å². The van der Waals surface area contributed by atoms with E-state index in [4.69, 9.17) is 5.11 Å². The van der Waals surface area contributed by atoms with E-state index in [1.807, 2.05) is 13.8 Å². The normalized spacial score (nSPS) is 20.4. The first-order chi connectivity index (χ1) is 9.42. The molecule has 0 aromatic carbocycles. The smallest absolute Gasteiger partial charge is 0.307 e. The monoisotopic (exact) mass is 285 g/mol. The van der Waals surface area contributed by atoms with E-state index in [0.29, 0.717) is 13.1 Å². The van der Waals surface area contributed by atoms with E-state index in [1.54, 1.807) is 6.92 Å². The fraction of sp³-hybridized carbons (Fsp3) is 0.857. The van der Waals surface area contributed by atoms with Gasteiger partial charge >= 0.3 is 5.97 Å². The van der Waals surface area contributed by atoms with Gasteiger partial charge in [0.15, 0.2) is 0 Å². The number of aliphatic carboxylic acids is 1. The molecule has 0 aromatic heterocycles. The van der Waals surface area contributed by atoms with Crippen LogP contribution in [0.1, 0.15) is 27.2 Å². The van der Waals surface area contributed by atoms with Crippen molar-refractivity contribution in [1.82, 2.24) is 15.1 Å². The third-order valence-electron chi connectivity index (χ3n) is 3.81. The Morgan fingerprint density at radius 3 is 2.20 bits per heavy atom. The van der Waals surface area contributed by atoms with E-state index in [0.717, 1.165) is 32.6 Å². The molecule has 1 aliphatic rings. The number of rotatable bonds is 7. The van der Waals surface area contributed by atoms with Crippen LogP contribution in [0.25, 0.3) is 0 Å². The van der Waals surface area contributed by atoms with Gasteiger partial charge < -0.3 is 10.4 Å². The lowest BCUT2D eigenvalue weighted by molar-refractivity contribution is -0.141. The molecule has 0 spiro atoms. The Hall–Kier alpha value is -1.14. The number of hydrogen-bond acceptors (Lipinski definition) is 4. The highest BCUT2D eigenvalue weighted by Gasteiger charge is 2.22. The van der Waals surface area contributed by atoms with Crippen LogP contribution in [0, 0.1) is 5.92 Å². The van der Waals surface area contributed by atoms with Crippen molar-refractivity contribution in [1.29, 1.82) is 0 Å². The van der Waals surface area contributed by atoms with E-state index >= 15 is 0 Å². The van der Waals surface area contributed by atoms with Gasteiger partial charge in [-0.15, -0.1) is 0 Å². The van der Waals surface area contributed by atoms with Crippen LogP contribution >= 0.6 is 0 Å². The second-order valence-electron chi connectivity index (χ2n) is 5.69. The van der Waals surface area contributed by atoms with Crippen molar-refractivity contribution in [3.8, 4) is 0 Å². The third kappa shape index (κ3) is 5.88. The number of carbonyl (C=O) groups is 2. The summed E-state index contributed by atoms with van der Waals surface area (Å²) >= 11 is 0. The molecule has 6 heteroatoms. The third-order valence-corrected chi connectivity index (χ3v) is 3.81. The summed E-state index contributed by atoms with van der Waals surface area (Å²) in [4.78, 5) is 26.9. The maximum atomic E-state index is 11.8. The molecule has 116 valence electrons. The lowest BCUT2D eigenvalue weighted by atomic mass is 10.1. The Labute approximate surface area is 121 Å². The van der Waals surface area contributed by atoms with Gasteiger partial charge in [0.1, 0.15) is 0 Å². The number of hydrogen-bond donors (Lipinski definition) is 2. The van der Waals surface area contributed by atoms with Gasteiger partial charge in [0.2, 0.25) is 5.91 Å². The SMILES string of the molecule is CCC(C)NC(=O)CN1CCN(CC(C)C(=O)O)CC1. The lowest BCUT2D eigenvalue weighted by Crippen LogP contribution is -2.51. The summed E-state index contributed by atoms with van der Waals surface area (Å²) in [6.07, 6.45) is 0.937. The number of carbonyl (C=O) groups excluding carboxylic acids is 1. The van der Waals surface area contributed by atoms with Gasteiger partial charge in [-0.2, -0.15) is 0 Å². The number of carboxylic acid groups (broad SMARTS) is 1. The van der Waals surface area contributed by atoms with Crippen LogP contribution < -0.4 is 5.32 Å². The summed E-state index contributed by atoms with van der Waals surface area (Å²) < 4.78 is 0. The zero-order valence-electron chi connectivity index (χ0n) is 12.8. The number of amides is 1. The fourth-order valence-electron chi connectivity index (χ4n) is 2.22. The molecule has 1 aliphatic heterocycles. The second-order valence-corrected chi connectivity index (χ2v) is 5.69. The summed E-state index contributed by atoms with van der Waals surface area (Å²) in [5.74, 6) is -1.01. The molecule has 0 radical (unpaired) electrons. The van der Waals surface area contributed by atoms with E-state index in [9.17, 15) is 9.59 Å². The molecule has 0 aliphatic carbocycles. The molecule has 1 heterocycles. The van der Waals surface area contributed by atoms with Gasteiger partial charge in [-0.25, -0.2) is 0 Å². The van der Waals surface area contributed by atoms with Crippen LogP contribution in [-0.2, 0) is 9.59 Å². The van der Waals surface area contributed by atoms with Crippen LogP contribution in [0.5, 0.6) is 0 Å². The van der Waals surface area contributed by atoms with Crippen molar-refractivity contribution < 1.29 is 14.7 Å². The Kier molecular flexibility index (Phi) is 6.95. The summed E-state index contributed by atoms with van der Waals surface area (Å²) in [5.41, 5.74) is 0. The van der Waals surface area contributed by atoms with Gasteiger partial charge in [0.05, 0.1) is 12.5 Å². The molecule has 1 fully saturated rings. The molecular weight excluding hydrogens is 258 g/mol. The van der Waals surface area contributed by atoms with Crippen LogP contribution in [0.2, 0.25) is 0 Å². The summed E-state index contributed by atoms with van der Waals surface area (Å²) in [6, 6.07) is 0.222. The first kappa shape index (κ1) is 16.9. The Morgan fingerprint density at radius 1 is 1.15 bits per heavy atom. The highest BCUT2D eigenvalue weighted by molar-refractivity contribution is 5.78. The molecule has 0 bridgehead atoms. The van der Waals surface area contributed by atoms with Gasteiger partial charge in [0, 0.05) is 38.8 Å². The maximum absolute atomic E-state index is 11.8. The summed E-state index contributed by atoms with van der Waals surface area (Å²) in [6.45, 7) is 10.1. The first-order valence-corrected chi connectivity index (χ1v) is 7.39. The maximum Gasteiger partial charge on any atom is 0.307 e. The van der Waals surface area contributed by atoms with Crippen LogP contribution in [0.3, 0.4) is 0 Å². The van der Waals surface area contributed by atoms with Crippen molar-refractivity contribution >= 4 is 11.9 Å². The molecule has 0 aromatic rings. The standard InChI is InChI=1S/C14H27N3O3/c1-4-12(3)15-13(18)10-17-7-5-16(6-8-17)9-11(2)14(19)20/h11-12H,4-10H2,1-3H3,(H,15,18)(H,19,20). The average molecular weight is 285 g/mol. The fourth-order valence-corrected chi connectivity index (χ4v) is 2.22. The second kappa shape index (κ2) is 8.21. The Bertz CT molecular complexity index is 328. The number of nitrogens with zero attached hydrogens (tertiary/aromatic N) is 2. The summed E-state index contributed by atoms with van der Waals surface area (Å²) in [7, 11) is 0. The van der Waals surface area contributed by atoms with Crippen LogP contribution in [0.15, 0.2) is 0 Å². The Morgan fingerprint density at radius 2 is 1.70 bits per heavy atom. The molecule has 2 atom stereocenters. The zero-order valence-corrected chi connectivity index (χ0v) is 12.8. The molecular formula is C14H27N3O3. The number of nitrogens with one attached hydrogen (secondary N) is 1. The minimum absolute atomic E-state index is 0.0757. The topological polar surface area (TPSA) is 72.9 Å². The van der Waals surface area contributed by atoms with E-state index in [-0.39, 0.29) is 17.9 Å². The lowest BCUT2D eigenvalue weighted by Gasteiger charge is -2.35. The zero-order chi connectivity index (χ0) is 15.1. The molecule has 2 N–H and O–H groups in total. The van der Waals surface area contributed by atoms with Crippen LogP contribution in [0.4, 0.5) is 0 Å². The van der Waals surface area contributed by atoms with E-state index in [1.165, 1.54) is 0 Å². The number of piperazine rings is 1. The van der Waals surface area contributed by atoms with E-state index < -0.39 is 5.97 Å². The highest BCUT2D eigenvalue weighted by Crippen LogP contribution is 2.06. The van der Waals surface area contributed by atoms with Crippen molar-refractivity contribution in [3.05, 3.63) is 0 Å². The van der Waals surface area contributed by atoms with E-state index in [2.05, 4.69) is 15.1 Å². The predicted molar refractivity (Wildman–Crippen MR) is 77.6 cm³/mol. The number of carboxylic acids is 1. The quantitative estimate of drug-likeness (QED) is 0.701. The molecule has 6 nitrogen and oxygen atoms in total. The minimum atomic E-state index is -0.750. The average Bonchev–Trinajstić information content (AvgIpc) is 2.40. The molecule has 1 saturated heterocycles. The van der Waals surface area contributed by atoms with Gasteiger partial charge in [-0.1, -0.05) is 13.8 Å². The first-order valence-electron chi connectivity index (χ1n) is 7.39. The highest BCUT2D eigenvalue weighted by atomic mass is 16.4. The van der Waals surface area contributed by atoms with Crippen molar-refractivity contribution in [2.75, 3.05) is 39.3 Å². The Balaban J connectivity index is 2.25. The largest absolute Gasteiger partial charge is 0.481 e. The van der Waals surface area contributed by atoms with Crippen molar-refractivity contribution in [2.45, 2.75) is 33.2 Å². The van der Waals surface area contributed by atoms with Gasteiger partial charge in [0.25, 0.3) is 0 Å². The molecule has 1 rings (SSSR count). The predicted octanol–water partition coefficient (Wildman–Crippen LogP) is 0.239. The summed E-state index contributed by atoms with van der Waals surface area (Å²) in [5, 5.41) is 11.9. The van der Waals surface area contributed by atoms with Crippen LogP contribution in [-0.4, -0.2) is 72.1 Å². The van der Waals surface area contributed by atoms with Gasteiger partial charge in [-0.3, -0.25) is 19.4 Å². The van der Waals surface area contributed by atoms with Crippen molar-refractivity contribution in [3.63, 3.8) is 0 Å². The molecule has 1 amide bonds. The van der Waals surface area contributed by atoms with Crippen molar-refractivity contribution in [2.24, 2.45) is 5.92 Å². The molecule has 2 unspecified atom stereocenters. The minimum Gasteiger partial charge on any atom is -0.481 e. The molecule has 0 saturated carbocycles. The molecule has 20 heavy (non-hydrogen) atoms.